The second kappa shape index (κ2) is 14.6. The summed E-state index contributed by atoms with van der Waals surface area (Å²) < 4.78 is 10.9. The predicted molar refractivity (Wildman–Crippen MR) is 206 cm³/mol. The van der Waals surface area contributed by atoms with Crippen molar-refractivity contribution in [3.63, 3.8) is 0 Å². The molecule has 0 spiro atoms. The molecular formula is C45H46N4OPt. The van der Waals surface area contributed by atoms with Crippen molar-refractivity contribution in [3.05, 3.63) is 131 Å². The fraction of sp³-hybridized carbons (Fsp3) is 0.289. The van der Waals surface area contributed by atoms with Gasteiger partial charge in [0, 0.05) is 34.5 Å². The van der Waals surface area contributed by atoms with Crippen LogP contribution in [-0.4, -0.2) is 19.3 Å². The van der Waals surface area contributed by atoms with Crippen molar-refractivity contribution in [3.8, 4) is 34.1 Å². The van der Waals surface area contributed by atoms with E-state index in [1.165, 1.54) is 27.8 Å². The molecule has 262 valence electrons. The van der Waals surface area contributed by atoms with Crippen molar-refractivity contribution in [2.45, 2.75) is 80.6 Å². The largest absolute Gasteiger partial charge is 2.00 e. The number of nitrogens with zero attached hydrogens (tertiary/aromatic N) is 4. The zero-order valence-corrected chi connectivity index (χ0v) is 33.3. The van der Waals surface area contributed by atoms with Gasteiger partial charge in [0.05, 0.1) is 5.69 Å². The summed E-state index contributed by atoms with van der Waals surface area (Å²) in [5, 5.41) is 7.31. The molecule has 5 nitrogen and oxygen atoms in total. The molecule has 3 aromatic heterocycles. The Morgan fingerprint density at radius 2 is 1.47 bits per heavy atom. The third kappa shape index (κ3) is 6.94. The first-order valence-electron chi connectivity index (χ1n) is 17.8. The van der Waals surface area contributed by atoms with Crippen molar-refractivity contribution in [1.82, 2.24) is 19.3 Å². The van der Waals surface area contributed by atoms with Crippen molar-refractivity contribution < 1.29 is 25.8 Å². The Bertz CT molecular complexity index is 2340. The van der Waals surface area contributed by atoms with E-state index < -0.39 is 0 Å². The van der Waals surface area contributed by atoms with Crippen molar-refractivity contribution in [2.75, 3.05) is 0 Å². The van der Waals surface area contributed by atoms with E-state index in [0.29, 0.717) is 23.3 Å². The second-order valence-corrected chi connectivity index (χ2v) is 14.6. The Morgan fingerprint density at radius 3 is 2.20 bits per heavy atom. The van der Waals surface area contributed by atoms with Crippen LogP contribution >= 0.6 is 0 Å². The van der Waals surface area contributed by atoms with Gasteiger partial charge >= 0.3 is 21.1 Å². The molecule has 0 fully saturated rings. The summed E-state index contributed by atoms with van der Waals surface area (Å²) in [4.78, 5) is 4.87. The number of aryl methyl sites for hydroxylation is 3. The third-order valence-corrected chi connectivity index (χ3v) is 9.94. The molecule has 0 N–H and O–H groups in total. The van der Waals surface area contributed by atoms with Crippen LogP contribution in [0.4, 0.5) is 0 Å². The standard InChI is InChI=1S/C45H46N4O.Pt/c1-27(2)21-31(7)34-19-20-46-43(24-34)48-41-16-11-10-15-39(41)40-18-17-37(26-42(40)48)50-38-23-35(28(3)4)22-36(25-38)49-33(9)45(32(8)47-49)44-29(5)13-12-14-30(44)6;/h10-20,22-24,27-28,31H,21H2,1-9H3;/q-2;+2. The molecule has 0 aliphatic rings. The Kier molecular flexibility index (Phi) is 10.4. The summed E-state index contributed by atoms with van der Waals surface area (Å²) in [6.45, 7) is 19.8. The first-order chi connectivity index (χ1) is 24.0. The van der Waals surface area contributed by atoms with E-state index >= 15 is 0 Å². The van der Waals surface area contributed by atoms with Crippen LogP contribution in [0, 0.1) is 45.7 Å². The van der Waals surface area contributed by atoms with Crippen LogP contribution in [0.15, 0.2) is 85.1 Å². The molecular weight excluding hydrogens is 808 g/mol. The molecule has 7 rings (SSSR count). The SMILES string of the molecule is Cc1cccc(C)c1-c1c(C)nn(-c2[c-]c(Oc3[c-]c4c(cc3)c3ccccc3n4-c3cc(C(C)CC(C)C)ccn3)cc(C(C)C)c2)c1C.[Pt+2]. The molecule has 0 bridgehead atoms. The van der Waals surface area contributed by atoms with Gasteiger partial charge < -0.3 is 9.30 Å². The number of benzene rings is 4. The van der Waals surface area contributed by atoms with Gasteiger partial charge in [-0.2, -0.15) is 11.2 Å². The predicted octanol–water partition coefficient (Wildman–Crippen LogP) is 11.9. The monoisotopic (exact) mass is 853 g/mol. The minimum atomic E-state index is 0. The van der Waals surface area contributed by atoms with E-state index in [4.69, 9.17) is 14.8 Å². The minimum Gasteiger partial charge on any atom is -0.509 e. The summed E-state index contributed by atoms with van der Waals surface area (Å²) in [6, 6.07) is 34.9. The number of hydrogen-bond acceptors (Lipinski definition) is 3. The summed E-state index contributed by atoms with van der Waals surface area (Å²) in [5.74, 6) is 3.48. The molecule has 1 unspecified atom stereocenters. The number of hydrogen-bond donors (Lipinski definition) is 0. The molecule has 0 aliphatic heterocycles. The quantitative estimate of drug-likeness (QED) is 0.136. The molecule has 0 amide bonds. The topological polar surface area (TPSA) is 44.9 Å². The van der Waals surface area contributed by atoms with Crippen LogP contribution in [0.2, 0.25) is 0 Å². The molecule has 0 radical (unpaired) electrons. The Balaban J connectivity index is 0.00000448. The molecule has 1 atom stereocenters. The van der Waals surface area contributed by atoms with Crippen LogP contribution in [0.1, 0.15) is 86.5 Å². The Hall–Kier alpha value is -4.47. The zero-order valence-electron chi connectivity index (χ0n) is 31.0. The first kappa shape index (κ1) is 36.3. The van der Waals surface area contributed by atoms with E-state index in [9.17, 15) is 0 Å². The molecule has 0 saturated carbocycles. The fourth-order valence-electron chi connectivity index (χ4n) is 7.50. The summed E-state index contributed by atoms with van der Waals surface area (Å²) in [6.07, 6.45) is 3.06. The Labute approximate surface area is 317 Å². The maximum absolute atomic E-state index is 6.65. The molecule has 7 aromatic rings. The van der Waals surface area contributed by atoms with E-state index in [0.717, 1.165) is 56.7 Å². The molecule has 0 saturated heterocycles. The van der Waals surface area contributed by atoms with Gasteiger partial charge in [0.1, 0.15) is 5.82 Å². The molecule has 51 heavy (non-hydrogen) atoms. The van der Waals surface area contributed by atoms with Crippen molar-refractivity contribution >= 4 is 21.8 Å². The van der Waals surface area contributed by atoms with E-state index in [1.54, 1.807) is 0 Å². The van der Waals surface area contributed by atoms with E-state index in [2.05, 4.69) is 152 Å². The van der Waals surface area contributed by atoms with Gasteiger partial charge in [0.15, 0.2) is 0 Å². The molecule has 0 aliphatic carbocycles. The normalized spacial score (nSPS) is 12.2. The number of pyridine rings is 1. The first-order valence-corrected chi connectivity index (χ1v) is 17.8. The fourth-order valence-corrected chi connectivity index (χ4v) is 7.50. The zero-order chi connectivity index (χ0) is 35.3. The molecule has 3 heterocycles. The maximum Gasteiger partial charge on any atom is 2.00 e. The number of rotatable bonds is 9. The number of aromatic nitrogens is 4. The van der Waals surface area contributed by atoms with Crippen molar-refractivity contribution in [1.29, 1.82) is 0 Å². The summed E-state index contributed by atoms with van der Waals surface area (Å²) in [7, 11) is 0. The van der Waals surface area contributed by atoms with Crippen molar-refractivity contribution in [2.24, 2.45) is 5.92 Å². The average molecular weight is 854 g/mol. The number of para-hydroxylation sites is 1. The summed E-state index contributed by atoms with van der Waals surface area (Å²) >= 11 is 0. The van der Waals surface area contributed by atoms with Gasteiger partial charge in [-0.3, -0.25) is 4.68 Å². The van der Waals surface area contributed by atoms with Gasteiger partial charge in [-0.05, 0) is 103 Å². The molecule has 6 heteroatoms. The average Bonchev–Trinajstić information content (AvgIpc) is 3.57. The van der Waals surface area contributed by atoms with Gasteiger partial charge in [0.25, 0.3) is 0 Å². The minimum absolute atomic E-state index is 0. The van der Waals surface area contributed by atoms with Gasteiger partial charge in [-0.1, -0.05) is 76.5 Å². The van der Waals surface area contributed by atoms with E-state index in [-0.39, 0.29) is 27.0 Å². The maximum atomic E-state index is 6.65. The van der Waals surface area contributed by atoms with Crippen LogP contribution in [-0.2, 0) is 21.1 Å². The second-order valence-electron chi connectivity index (χ2n) is 14.6. The van der Waals surface area contributed by atoms with E-state index in [1.807, 2.05) is 16.9 Å². The van der Waals surface area contributed by atoms with Crippen LogP contribution in [0.25, 0.3) is 44.4 Å². The summed E-state index contributed by atoms with van der Waals surface area (Å²) in [5.41, 5.74) is 12.3. The smallest absolute Gasteiger partial charge is 0.509 e. The number of fused-ring (bicyclic) bond motifs is 3. The van der Waals surface area contributed by atoms with Crippen LogP contribution < -0.4 is 4.74 Å². The van der Waals surface area contributed by atoms with Gasteiger partial charge in [-0.15, -0.1) is 41.3 Å². The Morgan fingerprint density at radius 1 is 0.725 bits per heavy atom. The van der Waals surface area contributed by atoms with Gasteiger partial charge in [0.2, 0.25) is 0 Å². The van der Waals surface area contributed by atoms with Gasteiger partial charge in [-0.25, -0.2) is 4.98 Å². The molecule has 4 aromatic carbocycles. The third-order valence-electron chi connectivity index (χ3n) is 9.94. The van der Waals surface area contributed by atoms with Crippen LogP contribution in [0.5, 0.6) is 11.5 Å². The number of ether oxygens (including phenoxy) is 1. The van der Waals surface area contributed by atoms with Crippen LogP contribution in [0.3, 0.4) is 0 Å².